The second kappa shape index (κ2) is 16.3. The lowest BCUT2D eigenvalue weighted by atomic mass is 9.99. The smallest absolute Gasteiger partial charge is 0.319 e. The van der Waals surface area contributed by atoms with E-state index >= 15 is 0 Å². The van der Waals surface area contributed by atoms with Crippen molar-refractivity contribution in [1.82, 2.24) is 10.2 Å². The van der Waals surface area contributed by atoms with Gasteiger partial charge in [0.15, 0.2) is 6.29 Å². The Morgan fingerprint density at radius 1 is 0.784 bits per heavy atom. The number of rotatable bonds is 11. The first kappa shape index (κ1) is 34.4. The Labute approximate surface area is 298 Å². The van der Waals surface area contributed by atoms with Crippen LogP contribution in [0.3, 0.4) is 0 Å². The number of carbonyl (C=O) groups excluding carboxylic acids is 1. The van der Waals surface area contributed by atoms with Crippen molar-refractivity contribution < 1.29 is 29.2 Å². The number of anilines is 1. The molecular weight excluding hydrogens is 642 g/mol. The van der Waals surface area contributed by atoms with Gasteiger partial charge in [-0.2, -0.15) is 0 Å². The van der Waals surface area contributed by atoms with Crippen molar-refractivity contribution in [3.63, 3.8) is 0 Å². The molecule has 0 unspecified atom stereocenters. The minimum absolute atomic E-state index is 0.000159. The Morgan fingerprint density at radius 2 is 1.53 bits per heavy atom. The Bertz CT molecular complexity index is 1870. The van der Waals surface area contributed by atoms with Crippen LogP contribution in [0.5, 0.6) is 11.5 Å². The highest BCUT2D eigenvalue weighted by atomic mass is 16.7. The van der Waals surface area contributed by atoms with Crippen LogP contribution in [-0.2, 0) is 22.6 Å². The molecule has 2 saturated heterocycles. The van der Waals surface area contributed by atoms with E-state index in [1.807, 2.05) is 91.0 Å². The molecule has 51 heavy (non-hydrogen) atoms. The van der Waals surface area contributed by atoms with Crippen molar-refractivity contribution in [2.75, 3.05) is 25.0 Å². The molecule has 4 N–H and O–H groups in total. The fourth-order valence-corrected chi connectivity index (χ4v) is 6.58. The van der Waals surface area contributed by atoms with Gasteiger partial charge in [0, 0.05) is 43.9 Å². The molecule has 0 saturated carbocycles. The number of amides is 2. The molecule has 2 fully saturated rings. The lowest BCUT2D eigenvalue weighted by molar-refractivity contribution is -0.252. The summed E-state index contributed by atoms with van der Waals surface area (Å²) < 4.78 is 18.9. The molecule has 262 valence electrons. The fraction of sp³-hybridized carbons (Fsp3) is 0.262. The van der Waals surface area contributed by atoms with Crippen LogP contribution in [0.1, 0.15) is 47.5 Å². The largest absolute Gasteiger partial charge is 0.457 e. The molecule has 2 heterocycles. The Balaban J connectivity index is 0.966. The Morgan fingerprint density at radius 3 is 2.25 bits per heavy atom. The lowest BCUT2D eigenvalue weighted by Gasteiger charge is -2.37. The van der Waals surface area contributed by atoms with Gasteiger partial charge in [-0.1, -0.05) is 84.9 Å². The molecule has 7 rings (SSSR count). The molecule has 9 nitrogen and oxygen atoms in total. The molecule has 0 aromatic heterocycles. The average molecular weight is 686 g/mol. The van der Waals surface area contributed by atoms with E-state index in [0.29, 0.717) is 30.9 Å². The van der Waals surface area contributed by atoms with Crippen LogP contribution >= 0.6 is 0 Å². The molecule has 0 radical (unpaired) electrons. The Kier molecular flexibility index (Phi) is 11.0. The fourth-order valence-electron chi connectivity index (χ4n) is 6.58. The summed E-state index contributed by atoms with van der Waals surface area (Å²) in [5.41, 5.74) is 6.55. The predicted molar refractivity (Wildman–Crippen MR) is 196 cm³/mol. The summed E-state index contributed by atoms with van der Waals surface area (Å²) in [7, 11) is 0. The van der Waals surface area contributed by atoms with Crippen LogP contribution < -0.4 is 15.4 Å². The number of likely N-dealkylation sites (tertiary alicyclic amines) is 1. The zero-order valence-corrected chi connectivity index (χ0v) is 28.4. The molecule has 2 aliphatic heterocycles. The van der Waals surface area contributed by atoms with E-state index in [1.54, 1.807) is 12.1 Å². The van der Waals surface area contributed by atoms with Crippen LogP contribution in [-0.4, -0.2) is 53.0 Å². The monoisotopic (exact) mass is 685 g/mol. The maximum absolute atomic E-state index is 12.7. The van der Waals surface area contributed by atoms with E-state index in [-0.39, 0.29) is 30.9 Å². The van der Waals surface area contributed by atoms with Gasteiger partial charge < -0.3 is 35.1 Å². The quantitative estimate of drug-likeness (QED) is 0.114. The van der Waals surface area contributed by atoms with Gasteiger partial charge in [-0.25, -0.2) is 4.79 Å². The topological polar surface area (TPSA) is 113 Å². The molecule has 5 aromatic carbocycles. The summed E-state index contributed by atoms with van der Waals surface area (Å²) >= 11 is 0. The number of aliphatic hydroxyl groups is 2. The van der Waals surface area contributed by atoms with Crippen molar-refractivity contribution in [2.24, 2.45) is 0 Å². The van der Waals surface area contributed by atoms with Crippen molar-refractivity contribution in [3.8, 4) is 22.6 Å². The first-order chi connectivity index (χ1) is 25.0. The minimum atomic E-state index is -0.547. The van der Waals surface area contributed by atoms with Crippen LogP contribution in [0.15, 0.2) is 127 Å². The summed E-state index contributed by atoms with van der Waals surface area (Å²) in [6.07, 6.45) is 0.425. The third-order valence-corrected chi connectivity index (χ3v) is 9.31. The normalized spacial score (nSPS) is 20.5. The molecule has 2 amide bonds. The van der Waals surface area contributed by atoms with E-state index in [4.69, 9.17) is 14.2 Å². The molecule has 2 aliphatic rings. The average Bonchev–Trinajstić information content (AvgIpc) is 3.59. The summed E-state index contributed by atoms with van der Waals surface area (Å²) in [6.45, 7) is 2.62. The highest BCUT2D eigenvalue weighted by Crippen LogP contribution is 2.39. The molecular formula is C42H43N3O6. The van der Waals surface area contributed by atoms with Gasteiger partial charge in [-0.3, -0.25) is 4.90 Å². The maximum Gasteiger partial charge on any atom is 0.319 e. The van der Waals surface area contributed by atoms with Gasteiger partial charge in [0.1, 0.15) is 11.5 Å². The van der Waals surface area contributed by atoms with E-state index in [0.717, 1.165) is 58.6 Å². The summed E-state index contributed by atoms with van der Waals surface area (Å²) in [5, 5.41) is 25.4. The van der Waals surface area contributed by atoms with Gasteiger partial charge in [-0.15, -0.1) is 0 Å². The third kappa shape index (κ3) is 9.21. The number of nitrogens with one attached hydrogen (secondary N) is 2. The molecule has 0 spiro atoms. The van der Waals surface area contributed by atoms with E-state index in [1.165, 1.54) is 0 Å². The number of ether oxygens (including phenoxy) is 3. The van der Waals surface area contributed by atoms with Crippen LogP contribution in [0, 0.1) is 0 Å². The third-order valence-electron chi connectivity index (χ3n) is 9.31. The number of aliphatic hydroxyl groups excluding tert-OH is 2. The van der Waals surface area contributed by atoms with Crippen LogP contribution in [0.2, 0.25) is 0 Å². The summed E-state index contributed by atoms with van der Waals surface area (Å²) in [5.74, 6) is 1.44. The van der Waals surface area contributed by atoms with E-state index in [2.05, 4.69) is 39.8 Å². The van der Waals surface area contributed by atoms with Gasteiger partial charge in [0.25, 0.3) is 0 Å². The number of β-amino-alcohol motifs (C(OH)–C–C–N with tert-alkyl or cyclic N) is 1. The molecule has 4 atom stereocenters. The molecule has 9 heteroatoms. The van der Waals surface area contributed by atoms with Crippen LogP contribution in [0.25, 0.3) is 11.1 Å². The molecule has 0 aliphatic carbocycles. The SMILES string of the molecule is O=C(NCc1cccc(-c2ccc([C@H]3O[C@@H](CN4CC[C@H](O)C4)C[C@@H](c4ccc(CO)cc4)O3)cc2)c1)Nc1ccc(Oc2ccccc2)cc1. The highest BCUT2D eigenvalue weighted by Gasteiger charge is 2.34. The van der Waals surface area contributed by atoms with E-state index < -0.39 is 6.29 Å². The standard InChI is InChI=1S/C42H43N3O6/c46-28-29-9-11-32(12-10-29)40-24-39(27-45-22-21-36(47)26-45)50-41(51-40)33-15-13-31(14-16-33)34-6-4-5-30(23-34)25-43-42(48)44-35-17-19-38(20-18-35)49-37-7-2-1-3-8-37/h1-20,23,36,39-41,46-47H,21-22,24-28H2,(H2,43,44,48)/t36-,39+,40-,41-/m0/s1. The highest BCUT2D eigenvalue weighted by molar-refractivity contribution is 5.89. The second-order valence-electron chi connectivity index (χ2n) is 13.1. The first-order valence-corrected chi connectivity index (χ1v) is 17.5. The van der Waals surface area contributed by atoms with Crippen molar-refractivity contribution in [1.29, 1.82) is 0 Å². The van der Waals surface area contributed by atoms with Crippen molar-refractivity contribution in [3.05, 3.63) is 150 Å². The number of benzene rings is 5. The van der Waals surface area contributed by atoms with Gasteiger partial charge in [0.2, 0.25) is 0 Å². The first-order valence-electron chi connectivity index (χ1n) is 17.5. The minimum Gasteiger partial charge on any atom is -0.457 e. The van der Waals surface area contributed by atoms with Gasteiger partial charge in [0.05, 0.1) is 24.9 Å². The zero-order valence-electron chi connectivity index (χ0n) is 28.4. The number of carbonyl (C=O) groups is 1. The van der Waals surface area contributed by atoms with Crippen molar-refractivity contribution >= 4 is 11.7 Å². The summed E-state index contributed by atoms with van der Waals surface area (Å²) in [4.78, 5) is 14.9. The number of urea groups is 1. The zero-order chi connectivity index (χ0) is 35.0. The van der Waals surface area contributed by atoms with Crippen LogP contribution in [0.4, 0.5) is 10.5 Å². The summed E-state index contributed by atoms with van der Waals surface area (Å²) in [6, 6.07) is 40.7. The number of hydrogen-bond donors (Lipinski definition) is 4. The lowest BCUT2D eigenvalue weighted by Crippen LogP contribution is -2.38. The molecule has 0 bridgehead atoms. The van der Waals surface area contributed by atoms with E-state index in [9.17, 15) is 15.0 Å². The number of para-hydroxylation sites is 1. The van der Waals surface area contributed by atoms with Gasteiger partial charge in [-0.05, 0) is 76.7 Å². The maximum atomic E-state index is 12.7. The predicted octanol–water partition coefficient (Wildman–Crippen LogP) is 7.57. The Hall–Kier alpha value is -5.03. The molecule has 5 aromatic rings. The van der Waals surface area contributed by atoms with Gasteiger partial charge >= 0.3 is 6.03 Å². The number of nitrogens with zero attached hydrogens (tertiary/aromatic N) is 1. The van der Waals surface area contributed by atoms with Crippen molar-refractivity contribution in [2.45, 2.75) is 50.6 Å². The number of hydrogen-bond acceptors (Lipinski definition) is 7. The second-order valence-corrected chi connectivity index (χ2v) is 13.1.